The summed E-state index contributed by atoms with van der Waals surface area (Å²) in [5.41, 5.74) is 2.36. The molecule has 4 rings (SSSR count). The van der Waals surface area contributed by atoms with Crippen LogP contribution in [0.4, 0.5) is 0 Å². The van der Waals surface area contributed by atoms with Gasteiger partial charge in [-0.3, -0.25) is 9.80 Å². The number of carboxylic acid groups (broad SMARTS) is 2. The lowest BCUT2D eigenvalue weighted by molar-refractivity contribution is -0.159. The van der Waals surface area contributed by atoms with Crippen molar-refractivity contribution in [3.63, 3.8) is 0 Å². The molecule has 190 valence electrons. The van der Waals surface area contributed by atoms with Gasteiger partial charge < -0.3 is 33.9 Å². The Kier molecular flexibility index (Phi) is 8.98. The van der Waals surface area contributed by atoms with Gasteiger partial charge in [0, 0.05) is 50.9 Å². The van der Waals surface area contributed by atoms with Crippen LogP contribution in [0.25, 0.3) is 0 Å². The Morgan fingerprint density at radius 3 is 2.03 bits per heavy atom. The van der Waals surface area contributed by atoms with Gasteiger partial charge in [-0.05, 0) is 23.8 Å². The highest BCUT2D eigenvalue weighted by molar-refractivity contribution is 6.27. The van der Waals surface area contributed by atoms with E-state index in [0.29, 0.717) is 5.75 Å². The lowest BCUT2D eigenvalue weighted by atomic mass is 10.1. The number of piperazine rings is 1. The molecular formula is C24H30N2O9. The van der Waals surface area contributed by atoms with Gasteiger partial charge in [0.15, 0.2) is 11.5 Å². The Bertz CT molecular complexity index is 1020. The minimum Gasteiger partial charge on any atom is -0.497 e. The van der Waals surface area contributed by atoms with Crippen molar-refractivity contribution in [2.24, 2.45) is 0 Å². The van der Waals surface area contributed by atoms with Crippen LogP contribution >= 0.6 is 0 Å². The molecule has 0 amide bonds. The molecule has 2 aliphatic rings. The third kappa shape index (κ3) is 6.90. The van der Waals surface area contributed by atoms with Crippen molar-refractivity contribution < 1.29 is 43.5 Å². The number of rotatable bonds is 7. The van der Waals surface area contributed by atoms with Crippen molar-refractivity contribution in [3.8, 4) is 28.7 Å². The predicted octanol–water partition coefficient (Wildman–Crippen LogP) is 1.91. The van der Waals surface area contributed by atoms with Crippen molar-refractivity contribution in [1.82, 2.24) is 9.80 Å². The van der Waals surface area contributed by atoms with Gasteiger partial charge in [0.2, 0.25) is 12.5 Å². The molecule has 2 heterocycles. The molecule has 0 atom stereocenters. The second-order valence-electron chi connectivity index (χ2n) is 7.87. The molecule has 1 saturated heterocycles. The van der Waals surface area contributed by atoms with Gasteiger partial charge in [0.1, 0.15) is 11.5 Å². The molecule has 11 nitrogen and oxygen atoms in total. The number of methoxy groups -OCH3 is 3. The number of ether oxygens (including phenoxy) is 5. The highest BCUT2D eigenvalue weighted by atomic mass is 16.7. The quantitative estimate of drug-likeness (QED) is 0.553. The lowest BCUT2D eigenvalue weighted by Crippen LogP contribution is -2.45. The molecule has 0 spiro atoms. The molecule has 0 bridgehead atoms. The summed E-state index contributed by atoms with van der Waals surface area (Å²) in [6.07, 6.45) is 0. The third-order valence-corrected chi connectivity index (χ3v) is 5.66. The van der Waals surface area contributed by atoms with Crippen molar-refractivity contribution in [2.75, 3.05) is 54.3 Å². The zero-order valence-electron chi connectivity index (χ0n) is 20.0. The maximum atomic E-state index is 9.10. The molecular weight excluding hydrogens is 460 g/mol. The maximum Gasteiger partial charge on any atom is 0.414 e. The first kappa shape index (κ1) is 25.9. The third-order valence-electron chi connectivity index (χ3n) is 5.66. The molecule has 2 aromatic rings. The summed E-state index contributed by atoms with van der Waals surface area (Å²) in [7, 11) is 5.03. The van der Waals surface area contributed by atoms with Crippen molar-refractivity contribution >= 4 is 11.9 Å². The van der Waals surface area contributed by atoms with Crippen LogP contribution in [0.5, 0.6) is 28.7 Å². The van der Waals surface area contributed by atoms with Crippen molar-refractivity contribution in [2.45, 2.75) is 13.1 Å². The summed E-state index contributed by atoms with van der Waals surface area (Å²) < 4.78 is 27.3. The highest BCUT2D eigenvalue weighted by Gasteiger charge is 2.23. The Hall–Kier alpha value is -3.70. The summed E-state index contributed by atoms with van der Waals surface area (Å²) in [5.74, 6) is 0.248. The van der Waals surface area contributed by atoms with Crippen LogP contribution in [0, 0.1) is 0 Å². The number of benzene rings is 2. The number of hydrogen-bond donors (Lipinski definition) is 2. The molecule has 2 aromatic carbocycles. The molecule has 2 N–H and O–H groups in total. The Balaban J connectivity index is 0.000000509. The van der Waals surface area contributed by atoms with E-state index in [1.165, 1.54) is 11.1 Å². The van der Waals surface area contributed by atoms with E-state index < -0.39 is 11.9 Å². The number of carbonyl (C=O) groups is 2. The van der Waals surface area contributed by atoms with E-state index in [-0.39, 0.29) is 6.79 Å². The standard InChI is InChI=1S/C22H28N2O5.C2H2O4/c1-25-18-5-4-17(19(12-18)26-2)14-24-8-6-23(7-9-24)13-16-10-20(27-3)22-21(11-16)28-15-29-22;3-1(4)2(5)6/h4-5,10-12H,6-9,13-15H2,1-3H3;(H,3,4)(H,5,6). The van der Waals surface area contributed by atoms with Crippen molar-refractivity contribution in [3.05, 3.63) is 41.5 Å². The van der Waals surface area contributed by atoms with Crippen LogP contribution < -0.4 is 23.7 Å². The fourth-order valence-corrected chi connectivity index (χ4v) is 3.86. The summed E-state index contributed by atoms with van der Waals surface area (Å²) >= 11 is 0. The lowest BCUT2D eigenvalue weighted by Gasteiger charge is -2.35. The molecule has 35 heavy (non-hydrogen) atoms. The maximum absolute atomic E-state index is 9.10. The van der Waals surface area contributed by atoms with Crippen LogP contribution in [0.3, 0.4) is 0 Å². The second kappa shape index (κ2) is 12.1. The summed E-state index contributed by atoms with van der Waals surface area (Å²) in [4.78, 5) is 23.1. The monoisotopic (exact) mass is 490 g/mol. The highest BCUT2D eigenvalue weighted by Crippen LogP contribution is 2.42. The topological polar surface area (TPSA) is 127 Å². The molecule has 1 fully saturated rings. The van der Waals surface area contributed by atoms with Crippen LogP contribution in [-0.4, -0.2) is 86.3 Å². The number of hydrogen-bond acceptors (Lipinski definition) is 9. The van der Waals surface area contributed by atoms with E-state index in [9.17, 15) is 0 Å². The summed E-state index contributed by atoms with van der Waals surface area (Å²) in [6, 6.07) is 10.1. The number of fused-ring (bicyclic) bond motifs is 1. The predicted molar refractivity (Wildman–Crippen MR) is 124 cm³/mol. The smallest absolute Gasteiger partial charge is 0.414 e. The largest absolute Gasteiger partial charge is 0.497 e. The first-order valence-electron chi connectivity index (χ1n) is 10.9. The zero-order chi connectivity index (χ0) is 25.4. The first-order chi connectivity index (χ1) is 16.8. The Morgan fingerprint density at radius 2 is 1.46 bits per heavy atom. The zero-order valence-corrected chi connectivity index (χ0v) is 20.0. The first-order valence-corrected chi connectivity index (χ1v) is 10.9. The van der Waals surface area contributed by atoms with Gasteiger partial charge in [-0.15, -0.1) is 0 Å². The van der Waals surface area contributed by atoms with Gasteiger partial charge in [0.25, 0.3) is 0 Å². The van der Waals surface area contributed by atoms with E-state index in [2.05, 4.69) is 21.9 Å². The molecule has 11 heteroatoms. The van der Waals surface area contributed by atoms with Gasteiger partial charge in [-0.2, -0.15) is 0 Å². The van der Waals surface area contributed by atoms with E-state index in [1.54, 1.807) is 21.3 Å². The minimum atomic E-state index is -1.82. The van der Waals surface area contributed by atoms with Gasteiger partial charge >= 0.3 is 11.9 Å². The molecule has 0 aromatic heterocycles. The van der Waals surface area contributed by atoms with Crippen molar-refractivity contribution in [1.29, 1.82) is 0 Å². The van der Waals surface area contributed by atoms with Crippen LogP contribution in [0.15, 0.2) is 30.3 Å². The van der Waals surface area contributed by atoms with Gasteiger partial charge in [-0.25, -0.2) is 9.59 Å². The van der Waals surface area contributed by atoms with E-state index in [0.717, 1.165) is 62.3 Å². The molecule has 0 aliphatic carbocycles. The normalized spacial score (nSPS) is 15.1. The SMILES string of the molecule is COc1ccc(CN2CCN(Cc3cc(OC)c4c(c3)OCO4)CC2)c(OC)c1.O=C(O)C(=O)O. The minimum absolute atomic E-state index is 0.253. The van der Waals surface area contributed by atoms with Crippen LogP contribution in [0.2, 0.25) is 0 Å². The second-order valence-corrected chi connectivity index (χ2v) is 7.87. The molecule has 0 radical (unpaired) electrons. The van der Waals surface area contributed by atoms with E-state index in [4.69, 9.17) is 43.5 Å². The molecule has 2 aliphatic heterocycles. The van der Waals surface area contributed by atoms with Crippen LogP contribution in [-0.2, 0) is 22.7 Å². The average molecular weight is 491 g/mol. The average Bonchev–Trinajstić information content (AvgIpc) is 3.34. The fourth-order valence-electron chi connectivity index (χ4n) is 3.86. The van der Waals surface area contributed by atoms with E-state index in [1.807, 2.05) is 18.2 Å². The summed E-state index contributed by atoms with van der Waals surface area (Å²) in [5, 5.41) is 14.8. The van der Waals surface area contributed by atoms with Crippen LogP contribution in [0.1, 0.15) is 11.1 Å². The number of aliphatic carboxylic acids is 2. The van der Waals surface area contributed by atoms with Gasteiger partial charge in [-0.1, -0.05) is 6.07 Å². The Morgan fingerprint density at radius 1 is 0.829 bits per heavy atom. The molecule has 0 unspecified atom stereocenters. The summed E-state index contributed by atoms with van der Waals surface area (Å²) in [6.45, 7) is 6.03. The Labute approximate surface area is 203 Å². The number of nitrogens with zero attached hydrogens (tertiary/aromatic N) is 2. The van der Waals surface area contributed by atoms with E-state index >= 15 is 0 Å². The fraction of sp³-hybridized carbons (Fsp3) is 0.417. The number of carboxylic acids is 2. The van der Waals surface area contributed by atoms with Gasteiger partial charge in [0.05, 0.1) is 21.3 Å². The molecule has 0 saturated carbocycles.